The van der Waals surface area contributed by atoms with Crippen molar-refractivity contribution in [3.8, 4) is 0 Å². The molecule has 94 valence electrons. The van der Waals surface area contributed by atoms with E-state index in [2.05, 4.69) is 4.98 Å². The normalized spacial score (nSPS) is 12.3. The lowest BCUT2D eigenvalue weighted by molar-refractivity contribution is -0.138. The van der Waals surface area contributed by atoms with Crippen LogP contribution >= 0.6 is 0 Å². The van der Waals surface area contributed by atoms with Crippen LogP contribution in [0, 0.1) is 0 Å². The minimum Gasteiger partial charge on any atom is -0.481 e. The fourth-order valence-corrected chi connectivity index (χ4v) is 1.82. The summed E-state index contributed by atoms with van der Waals surface area (Å²) < 4.78 is 1.98. The molecule has 2 rings (SSSR count). The molecule has 0 radical (unpaired) electrons. The first kappa shape index (κ1) is 12.4. The second-order valence-electron chi connectivity index (χ2n) is 4.43. The molecule has 18 heavy (non-hydrogen) atoms. The summed E-state index contributed by atoms with van der Waals surface area (Å²) in [6.07, 6.45) is 4.44. The van der Waals surface area contributed by atoms with E-state index in [1.807, 2.05) is 42.1 Å². The van der Waals surface area contributed by atoms with Crippen molar-refractivity contribution in [3.05, 3.63) is 53.6 Å². The van der Waals surface area contributed by atoms with E-state index >= 15 is 0 Å². The molecule has 0 spiro atoms. The molecule has 4 nitrogen and oxygen atoms in total. The van der Waals surface area contributed by atoms with Gasteiger partial charge in [-0.2, -0.15) is 0 Å². The number of carboxylic acids is 1. The van der Waals surface area contributed by atoms with Gasteiger partial charge >= 0.3 is 5.97 Å². The summed E-state index contributed by atoms with van der Waals surface area (Å²) in [7, 11) is 1.96. The van der Waals surface area contributed by atoms with Crippen molar-refractivity contribution >= 4 is 5.97 Å². The number of aliphatic carboxylic acids is 1. The maximum Gasteiger partial charge on any atom is 0.310 e. The number of carbonyl (C=O) groups is 1. The largest absolute Gasteiger partial charge is 0.481 e. The first-order valence-corrected chi connectivity index (χ1v) is 5.86. The number of hydrogen-bond donors (Lipinski definition) is 1. The second-order valence-corrected chi connectivity index (χ2v) is 4.43. The zero-order valence-electron chi connectivity index (χ0n) is 10.5. The smallest absolute Gasteiger partial charge is 0.310 e. The molecule has 1 heterocycles. The lowest BCUT2D eigenvalue weighted by Crippen LogP contribution is -2.07. The van der Waals surface area contributed by atoms with Crippen LogP contribution in [0.1, 0.15) is 29.8 Å². The van der Waals surface area contributed by atoms with Gasteiger partial charge in [-0.3, -0.25) is 4.79 Å². The van der Waals surface area contributed by atoms with Crippen molar-refractivity contribution in [2.45, 2.75) is 19.3 Å². The zero-order chi connectivity index (χ0) is 13.1. The average molecular weight is 244 g/mol. The molecular weight excluding hydrogens is 228 g/mol. The predicted octanol–water partition coefficient (Wildman–Crippen LogP) is 2.20. The molecule has 1 aromatic heterocycles. The third-order valence-electron chi connectivity index (χ3n) is 3.13. The van der Waals surface area contributed by atoms with E-state index in [0.29, 0.717) is 0 Å². The first-order valence-electron chi connectivity index (χ1n) is 5.86. The Labute approximate surface area is 106 Å². The van der Waals surface area contributed by atoms with Crippen molar-refractivity contribution in [2.24, 2.45) is 7.05 Å². The third-order valence-corrected chi connectivity index (χ3v) is 3.13. The van der Waals surface area contributed by atoms with Crippen LogP contribution in [0.5, 0.6) is 0 Å². The summed E-state index contributed by atoms with van der Waals surface area (Å²) >= 11 is 0. The van der Waals surface area contributed by atoms with Crippen molar-refractivity contribution in [3.63, 3.8) is 0 Å². The van der Waals surface area contributed by atoms with Crippen LogP contribution in [0.2, 0.25) is 0 Å². The molecule has 1 unspecified atom stereocenters. The fraction of sp³-hybridized carbons (Fsp3) is 0.286. The van der Waals surface area contributed by atoms with Crippen LogP contribution in [0.4, 0.5) is 0 Å². The Morgan fingerprint density at radius 1 is 1.39 bits per heavy atom. The zero-order valence-corrected chi connectivity index (χ0v) is 10.5. The number of benzene rings is 1. The quantitative estimate of drug-likeness (QED) is 0.897. The third kappa shape index (κ3) is 2.59. The van der Waals surface area contributed by atoms with Crippen molar-refractivity contribution in [2.75, 3.05) is 0 Å². The van der Waals surface area contributed by atoms with E-state index in [9.17, 15) is 4.79 Å². The van der Waals surface area contributed by atoms with Crippen molar-refractivity contribution in [1.29, 1.82) is 0 Å². The molecule has 1 N–H and O–H groups in total. The van der Waals surface area contributed by atoms with Gasteiger partial charge in [0, 0.05) is 25.9 Å². The molecule has 0 aliphatic rings. The summed E-state index contributed by atoms with van der Waals surface area (Å²) in [5, 5.41) is 8.94. The minimum atomic E-state index is -0.799. The summed E-state index contributed by atoms with van der Waals surface area (Å²) in [5.74, 6) is -0.270. The summed E-state index contributed by atoms with van der Waals surface area (Å²) in [6.45, 7) is 1.69. The highest BCUT2D eigenvalue weighted by Gasteiger charge is 2.13. The number of aryl methyl sites for hydroxylation is 1. The topological polar surface area (TPSA) is 55.1 Å². The Hall–Kier alpha value is -2.10. The standard InChI is InChI=1S/C14H16N2O2/c1-10(14(17)18)12-5-3-11(4-6-12)9-13-15-7-8-16(13)2/h3-8,10H,9H2,1-2H3,(H,17,18). The SMILES string of the molecule is CC(C(=O)O)c1ccc(Cc2nccn2C)cc1. The van der Waals surface area contributed by atoms with Crippen molar-refractivity contribution < 1.29 is 9.90 Å². The van der Waals surface area contributed by atoms with Gasteiger partial charge in [0.05, 0.1) is 5.92 Å². The molecule has 0 saturated heterocycles. The van der Waals surface area contributed by atoms with Crippen LogP contribution in [0.25, 0.3) is 0 Å². The molecule has 0 saturated carbocycles. The molecule has 0 aliphatic carbocycles. The Balaban J connectivity index is 2.13. The molecule has 2 aromatic rings. The summed E-state index contributed by atoms with van der Waals surface area (Å²) in [6, 6.07) is 7.67. The molecule has 0 bridgehead atoms. The maximum absolute atomic E-state index is 10.9. The van der Waals surface area contributed by atoms with Crippen molar-refractivity contribution in [1.82, 2.24) is 9.55 Å². The molecular formula is C14H16N2O2. The van der Waals surface area contributed by atoms with Gasteiger partial charge in [0.2, 0.25) is 0 Å². The van der Waals surface area contributed by atoms with Gasteiger partial charge in [-0.25, -0.2) is 4.98 Å². The molecule has 0 aliphatic heterocycles. The van der Waals surface area contributed by atoms with Gasteiger partial charge in [-0.05, 0) is 18.1 Å². The number of rotatable bonds is 4. The highest BCUT2D eigenvalue weighted by Crippen LogP contribution is 2.17. The van der Waals surface area contributed by atoms with E-state index in [4.69, 9.17) is 5.11 Å². The van der Waals surface area contributed by atoms with Gasteiger partial charge in [0.1, 0.15) is 5.82 Å². The van der Waals surface area contributed by atoms with Crippen LogP contribution in [-0.4, -0.2) is 20.6 Å². The van der Waals surface area contributed by atoms with E-state index in [1.165, 1.54) is 0 Å². The molecule has 0 amide bonds. The van der Waals surface area contributed by atoms with Gasteiger partial charge in [0.25, 0.3) is 0 Å². The number of hydrogen-bond acceptors (Lipinski definition) is 2. The number of imidazole rings is 1. The van der Waals surface area contributed by atoms with Crippen LogP contribution in [0.3, 0.4) is 0 Å². The monoisotopic (exact) mass is 244 g/mol. The Morgan fingerprint density at radius 3 is 2.56 bits per heavy atom. The van der Waals surface area contributed by atoms with Crippen LogP contribution in [0.15, 0.2) is 36.7 Å². The minimum absolute atomic E-state index is 0.466. The molecule has 1 atom stereocenters. The number of carboxylic acid groups (broad SMARTS) is 1. The van der Waals surface area contributed by atoms with E-state index in [1.54, 1.807) is 13.1 Å². The van der Waals surface area contributed by atoms with E-state index in [-0.39, 0.29) is 0 Å². The lowest BCUT2D eigenvalue weighted by atomic mass is 9.99. The Kier molecular flexibility index (Phi) is 3.46. The van der Waals surface area contributed by atoms with E-state index in [0.717, 1.165) is 23.4 Å². The summed E-state index contributed by atoms with van der Waals surface area (Å²) in [5.41, 5.74) is 1.96. The highest BCUT2D eigenvalue weighted by molar-refractivity contribution is 5.75. The Bertz CT molecular complexity index is 543. The van der Waals surface area contributed by atoms with Crippen LogP contribution in [-0.2, 0) is 18.3 Å². The maximum atomic E-state index is 10.9. The predicted molar refractivity (Wildman–Crippen MR) is 68.5 cm³/mol. The van der Waals surface area contributed by atoms with Gasteiger partial charge < -0.3 is 9.67 Å². The lowest BCUT2D eigenvalue weighted by Gasteiger charge is -2.08. The number of nitrogens with zero attached hydrogens (tertiary/aromatic N) is 2. The van der Waals surface area contributed by atoms with Gasteiger partial charge in [0.15, 0.2) is 0 Å². The van der Waals surface area contributed by atoms with E-state index < -0.39 is 11.9 Å². The second kappa shape index (κ2) is 5.04. The van der Waals surface area contributed by atoms with Gasteiger partial charge in [-0.15, -0.1) is 0 Å². The average Bonchev–Trinajstić information content (AvgIpc) is 2.75. The summed E-state index contributed by atoms with van der Waals surface area (Å²) in [4.78, 5) is 15.1. The fourth-order valence-electron chi connectivity index (χ4n) is 1.82. The Morgan fingerprint density at radius 2 is 2.06 bits per heavy atom. The first-order chi connectivity index (χ1) is 8.58. The molecule has 0 fully saturated rings. The van der Waals surface area contributed by atoms with Gasteiger partial charge in [-0.1, -0.05) is 24.3 Å². The number of aromatic nitrogens is 2. The highest BCUT2D eigenvalue weighted by atomic mass is 16.4. The molecule has 4 heteroatoms. The molecule has 1 aromatic carbocycles. The van der Waals surface area contributed by atoms with Crippen LogP contribution < -0.4 is 0 Å².